The van der Waals surface area contributed by atoms with Crippen LogP contribution in [0.1, 0.15) is 5.82 Å². The summed E-state index contributed by atoms with van der Waals surface area (Å²) in [6, 6.07) is 7.60. The topological polar surface area (TPSA) is 55.1 Å². The highest BCUT2D eigenvalue weighted by atomic mass is 32.2. The maximum atomic E-state index is 10.8. The van der Waals surface area contributed by atoms with E-state index in [1.807, 2.05) is 30.5 Å². The summed E-state index contributed by atoms with van der Waals surface area (Å²) < 4.78 is 1.76. The van der Waals surface area contributed by atoms with E-state index in [0.29, 0.717) is 0 Å². The lowest BCUT2D eigenvalue weighted by atomic mass is 10.3. The lowest BCUT2D eigenvalue weighted by Crippen LogP contribution is -2.11. The van der Waals surface area contributed by atoms with Gasteiger partial charge in [0.05, 0.1) is 16.8 Å². The fraction of sp³-hybridized carbons (Fsp3) is 0.273. The molecule has 0 aliphatic rings. The van der Waals surface area contributed by atoms with Gasteiger partial charge in [-0.15, -0.1) is 0 Å². The molecule has 0 spiro atoms. The number of carboxylic acid groups (broad SMARTS) is 1. The molecule has 0 fully saturated rings. The van der Waals surface area contributed by atoms with Crippen LogP contribution in [0.15, 0.2) is 24.3 Å². The molecule has 0 bridgehead atoms. The first-order valence-electron chi connectivity index (χ1n) is 4.87. The molecule has 1 aromatic heterocycles. The third kappa shape index (κ3) is 2.04. The summed E-state index contributed by atoms with van der Waals surface area (Å²) in [6.07, 6.45) is 1.98. The summed E-state index contributed by atoms with van der Waals surface area (Å²) in [5.41, 5.74) is 1.74. The highest BCUT2D eigenvalue weighted by Gasteiger charge is 2.11. The number of benzene rings is 1. The number of para-hydroxylation sites is 2. The molecule has 2 rings (SSSR count). The van der Waals surface area contributed by atoms with Crippen LogP contribution in [0.4, 0.5) is 0 Å². The van der Waals surface area contributed by atoms with E-state index in [1.54, 1.807) is 16.3 Å². The van der Waals surface area contributed by atoms with E-state index in [0.717, 1.165) is 22.6 Å². The van der Waals surface area contributed by atoms with Crippen molar-refractivity contribution in [2.75, 3.05) is 6.26 Å². The average Bonchev–Trinajstić information content (AvgIpc) is 2.57. The van der Waals surface area contributed by atoms with Crippen molar-refractivity contribution >= 4 is 28.8 Å². The smallest absolute Gasteiger partial charge is 0.323 e. The fourth-order valence-corrected chi connectivity index (χ4v) is 2.15. The van der Waals surface area contributed by atoms with Crippen LogP contribution in [0, 0.1) is 0 Å². The molecule has 2 aromatic rings. The second kappa shape index (κ2) is 4.57. The second-order valence-corrected chi connectivity index (χ2v) is 4.30. The molecule has 0 radical (unpaired) electrons. The van der Waals surface area contributed by atoms with Gasteiger partial charge in [0.25, 0.3) is 0 Å². The normalized spacial score (nSPS) is 10.8. The van der Waals surface area contributed by atoms with Crippen molar-refractivity contribution in [1.29, 1.82) is 0 Å². The van der Waals surface area contributed by atoms with E-state index < -0.39 is 5.97 Å². The first-order valence-corrected chi connectivity index (χ1v) is 6.26. The molecule has 0 saturated heterocycles. The SMILES string of the molecule is CSCc1nc2ccccc2n1CC(=O)O. The first-order chi connectivity index (χ1) is 7.72. The van der Waals surface area contributed by atoms with Crippen LogP contribution in [-0.2, 0) is 17.1 Å². The number of aromatic nitrogens is 2. The molecule has 1 heterocycles. The number of carbonyl (C=O) groups is 1. The summed E-state index contributed by atoms with van der Waals surface area (Å²) in [5.74, 6) is 0.698. The van der Waals surface area contributed by atoms with Gasteiger partial charge in [-0.1, -0.05) is 12.1 Å². The maximum absolute atomic E-state index is 10.8. The van der Waals surface area contributed by atoms with Gasteiger partial charge in [0.2, 0.25) is 0 Å². The van der Waals surface area contributed by atoms with Crippen LogP contribution in [0.25, 0.3) is 11.0 Å². The molecule has 0 saturated carbocycles. The van der Waals surface area contributed by atoms with Gasteiger partial charge in [-0.3, -0.25) is 4.79 Å². The summed E-state index contributed by atoms with van der Waals surface area (Å²) in [5, 5.41) is 8.88. The van der Waals surface area contributed by atoms with E-state index >= 15 is 0 Å². The van der Waals surface area contributed by atoms with E-state index in [2.05, 4.69) is 4.98 Å². The summed E-state index contributed by atoms with van der Waals surface area (Å²) in [6.45, 7) is -0.0313. The number of nitrogens with zero attached hydrogens (tertiary/aromatic N) is 2. The van der Waals surface area contributed by atoms with Gasteiger partial charge in [0, 0.05) is 0 Å². The van der Waals surface area contributed by atoms with Crippen LogP contribution in [0.5, 0.6) is 0 Å². The van der Waals surface area contributed by atoms with Gasteiger partial charge in [-0.2, -0.15) is 11.8 Å². The predicted molar refractivity (Wildman–Crippen MR) is 64.6 cm³/mol. The molecule has 5 heteroatoms. The van der Waals surface area contributed by atoms with Crippen LogP contribution in [-0.4, -0.2) is 26.9 Å². The van der Waals surface area contributed by atoms with Crippen LogP contribution in [0.3, 0.4) is 0 Å². The van der Waals surface area contributed by atoms with Gasteiger partial charge in [-0.05, 0) is 18.4 Å². The Labute approximate surface area is 97.3 Å². The quantitative estimate of drug-likeness (QED) is 0.882. The number of thioether (sulfide) groups is 1. The van der Waals surface area contributed by atoms with Gasteiger partial charge >= 0.3 is 5.97 Å². The Hall–Kier alpha value is -1.49. The summed E-state index contributed by atoms with van der Waals surface area (Å²) >= 11 is 1.63. The minimum atomic E-state index is -0.842. The lowest BCUT2D eigenvalue weighted by molar-refractivity contribution is -0.137. The summed E-state index contributed by atoms with van der Waals surface area (Å²) in [4.78, 5) is 15.2. The molecule has 0 unspecified atom stereocenters. The van der Waals surface area contributed by atoms with Gasteiger partial charge in [0.1, 0.15) is 12.4 Å². The number of hydrogen-bond acceptors (Lipinski definition) is 3. The monoisotopic (exact) mass is 236 g/mol. The molecule has 4 nitrogen and oxygen atoms in total. The highest BCUT2D eigenvalue weighted by molar-refractivity contribution is 7.97. The third-order valence-electron chi connectivity index (χ3n) is 2.30. The Kier molecular flexibility index (Phi) is 3.14. The molecular formula is C11H12N2O2S. The van der Waals surface area contributed by atoms with E-state index in [-0.39, 0.29) is 6.54 Å². The Morgan fingerprint density at radius 1 is 1.50 bits per heavy atom. The fourth-order valence-electron chi connectivity index (χ4n) is 1.68. The molecule has 1 N–H and O–H groups in total. The second-order valence-electron chi connectivity index (χ2n) is 3.43. The average molecular weight is 236 g/mol. The van der Waals surface area contributed by atoms with Gasteiger partial charge in [0.15, 0.2) is 0 Å². The number of rotatable bonds is 4. The molecule has 1 aromatic carbocycles. The lowest BCUT2D eigenvalue weighted by Gasteiger charge is -2.04. The van der Waals surface area contributed by atoms with Crippen molar-refractivity contribution < 1.29 is 9.90 Å². The minimum Gasteiger partial charge on any atom is -0.480 e. The first kappa shape index (κ1) is 11.0. The van der Waals surface area contributed by atoms with Crippen molar-refractivity contribution in [2.24, 2.45) is 0 Å². The van der Waals surface area contributed by atoms with Gasteiger partial charge in [-0.25, -0.2) is 4.98 Å². The molecule has 0 amide bonds. The zero-order chi connectivity index (χ0) is 11.5. The number of carboxylic acids is 1. The third-order valence-corrected chi connectivity index (χ3v) is 2.85. The van der Waals surface area contributed by atoms with E-state index in [1.165, 1.54) is 0 Å². The predicted octanol–water partition coefficient (Wildman–Crippen LogP) is 1.98. The molecule has 16 heavy (non-hydrogen) atoms. The number of imidazole rings is 1. The number of fused-ring (bicyclic) bond motifs is 1. The van der Waals surface area contributed by atoms with Crippen molar-refractivity contribution in [2.45, 2.75) is 12.3 Å². The zero-order valence-corrected chi connectivity index (χ0v) is 9.70. The number of aliphatic carboxylic acids is 1. The van der Waals surface area contributed by atoms with Crippen LogP contribution in [0.2, 0.25) is 0 Å². The van der Waals surface area contributed by atoms with E-state index in [9.17, 15) is 4.79 Å². The molecule has 0 atom stereocenters. The Morgan fingerprint density at radius 3 is 2.94 bits per heavy atom. The van der Waals surface area contributed by atoms with Gasteiger partial charge < -0.3 is 9.67 Å². The zero-order valence-electron chi connectivity index (χ0n) is 8.88. The maximum Gasteiger partial charge on any atom is 0.323 e. The summed E-state index contributed by atoms with van der Waals surface area (Å²) in [7, 11) is 0. The van der Waals surface area contributed by atoms with Crippen molar-refractivity contribution in [1.82, 2.24) is 9.55 Å². The van der Waals surface area contributed by atoms with Crippen LogP contribution < -0.4 is 0 Å². The van der Waals surface area contributed by atoms with Crippen molar-refractivity contribution in [3.8, 4) is 0 Å². The molecular weight excluding hydrogens is 224 g/mol. The molecule has 84 valence electrons. The Bertz CT molecular complexity index is 522. The largest absolute Gasteiger partial charge is 0.480 e. The van der Waals surface area contributed by atoms with Crippen LogP contribution >= 0.6 is 11.8 Å². The van der Waals surface area contributed by atoms with Crippen molar-refractivity contribution in [3.05, 3.63) is 30.1 Å². The standard InChI is InChI=1S/C11H12N2O2S/c1-16-7-10-12-8-4-2-3-5-9(8)13(10)6-11(14)15/h2-5H,6-7H2,1H3,(H,14,15). The van der Waals surface area contributed by atoms with E-state index in [4.69, 9.17) is 5.11 Å². The number of hydrogen-bond donors (Lipinski definition) is 1. The highest BCUT2D eigenvalue weighted by Crippen LogP contribution is 2.18. The van der Waals surface area contributed by atoms with Crippen molar-refractivity contribution in [3.63, 3.8) is 0 Å². The molecule has 0 aliphatic heterocycles. The molecule has 0 aliphatic carbocycles. The minimum absolute atomic E-state index is 0.0313. The Balaban J connectivity index is 2.54. The Morgan fingerprint density at radius 2 is 2.25 bits per heavy atom.